The number of nitrogens with zero attached hydrogens (tertiary/aromatic N) is 1. The molecule has 0 radical (unpaired) electrons. The van der Waals surface area contributed by atoms with Crippen LogP contribution in [0.3, 0.4) is 0 Å². The summed E-state index contributed by atoms with van der Waals surface area (Å²) in [5.74, 6) is 1.34. The molecule has 3 aromatic rings. The van der Waals surface area contributed by atoms with Gasteiger partial charge < -0.3 is 19.2 Å². The third-order valence-electron chi connectivity index (χ3n) is 8.01. The number of aliphatic hydroxyl groups is 2. The van der Waals surface area contributed by atoms with Gasteiger partial charge in [-0.25, -0.2) is 0 Å². The van der Waals surface area contributed by atoms with Crippen molar-refractivity contribution in [3.8, 4) is 17.0 Å². The number of hydrogen-bond donors (Lipinski definition) is 2. The van der Waals surface area contributed by atoms with Crippen molar-refractivity contribution in [1.29, 1.82) is 0 Å². The first kappa shape index (κ1) is 22.4. The molecule has 0 aliphatic heterocycles. The normalized spacial score (nSPS) is 24.2. The predicted octanol–water partition coefficient (Wildman–Crippen LogP) is 5.81. The fourth-order valence-electron chi connectivity index (χ4n) is 5.09. The van der Waals surface area contributed by atoms with Crippen LogP contribution >= 0.6 is 0 Å². The molecule has 6 heteroatoms. The maximum Gasteiger partial charge on any atom is 0.250 e. The number of hydrogen-bond acceptors (Lipinski definition) is 5. The van der Waals surface area contributed by atoms with Gasteiger partial charge >= 0.3 is 0 Å². The van der Waals surface area contributed by atoms with E-state index in [2.05, 4.69) is 39.0 Å². The standard InChI is InChI=1S/C27H33NO4Si/c1-17-12-14-18(15-13-17)27(30)19-9-7-10-20(32-33(5,6)25(2,3)4)22(19)24-23-21(31-28-24)11-8-16-26(23,27)29/h7,9-10,12-15,29-30H,8,11,16H2,1-6H3. The Hall–Kier alpha value is -2.41. The van der Waals surface area contributed by atoms with Crippen molar-refractivity contribution in [3.05, 3.63) is 70.5 Å². The van der Waals surface area contributed by atoms with Crippen LogP contribution in [-0.2, 0) is 17.6 Å². The van der Waals surface area contributed by atoms with Crippen molar-refractivity contribution in [1.82, 2.24) is 5.16 Å². The summed E-state index contributed by atoms with van der Waals surface area (Å²) in [7, 11) is -2.19. The molecule has 2 N–H and O–H groups in total. The SMILES string of the molecule is Cc1ccc(C2(O)c3cccc(O[Si](C)(C)C(C)(C)C)c3-c3noc4c3C2(O)CCC4)cc1. The molecule has 2 unspecified atom stereocenters. The van der Waals surface area contributed by atoms with Crippen LogP contribution in [0.5, 0.6) is 5.75 Å². The van der Waals surface area contributed by atoms with Crippen LogP contribution in [0.1, 0.15) is 61.6 Å². The topological polar surface area (TPSA) is 75.7 Å². The number of rotatable bonds is 3. The van der Waals surface area contributed by atoms with E-state index in [1.807, 2.05) is 49.4 Å². The van der Waals surface area contributed by atoms with Crippen LogP contribution in [0.2, 0.25) is 18.1 Å². The maximum absolute atomic E-state index is 12.5. The molecule has 33 heavy (non-hydrogen) atoms. The first-order chi connectivity index (χ1) is 15.4. The van der Waals surface area contributed by atoms with Crippen LogP contribution in [0.25, 0.3) is 11.3 Å². The van der Waals surface area contributed by atoms with Crippen LogP contribution in [0, 0.1) is 6.92 Å². The van der Waals surface area contributed by atoms with Crippen molar-refractivity contribution in [2.24, 2.45) is 0 Å². The molecule has 0 bridgehead atoms. The summed E-state index contributed by atoms with van der Waals surface area (Å²) in [4.78, 5) is 0. The molecule has 0 spiro atoms. The van der Waals surface area contributed by atoms with Gasteiger partial charge in [0.1, 0.15) is 28.4 Å². The van der Waals surface area contributed by atoms with E-state index in [1.54, 1.807) is 0 Å². The molecule has 0 amide bonds. The summed E-state index contributed by atoms with van der Waals surface area (Å²) >= 11 is 0. The van der Waals surface area contributed by atoms with Gasteiger partial charge in [-0.05, 0) is 49.5 Å². The van der Waals surface area contributed by atoms with E-state index in [0.29, 0.717) is 53.2 Å². The van der Waals surface area contributed by atoms with Gasteiger partial charge in [-0.3, -0.25) is 0 Å². The summed E-state index contributed by atoms with van der Waals surface area (Å²) in [5, 5.41) is 29.2. The molecular weight excluding hydrogens is 430 g/mol. The molecule has 5 rings (SSSR count). The molecule has 1 aromatic heterocycles. The Bertz CT molecular complexity index is 1220. The monoisotopic (exact) mass is 463 g/mol. The van der Waals surface area contributed by atoms with Crippen LogP contribution in [0.15, 0.2) is 47.0 Å². The van der Waals surface area contributed by atoms with Crippen molar-refractivity contribution < 1.29 is 19.2 Å². The minimum atomic E-state index is -2.19. The summed E-state index contributed by atoms with van der Waals surface area (Å²) in [6.45, 7) is 13.0. The Kier molecular flexibility index (Phi) is 4.78. The maximum atomic E-state index is 12.5. The van der Waals surface area contributed by atoms with E-state index in [0.717, 1.165) is 11.1 Å². The lowest BCUT2D eigenvalue weighted by Gasteiger charge is -2.49. The quantitative estimate of drug-likeness (QED) is 0.480. The van der Waals surface area contributed by atoms with Gasteiger partial charge in [0.25, 0.3) is 8.32 Å². The van der Waals surface area contributed by atoms with Gasteiger partial charge in [0, 0.05) is 12.0 Å². The Balaban J connectivity index is 1.82. The number of aromatic nitrogens is 1. The van der Waals surface area contributed by atoms with Crippen molar-refractivity contribution in [3.63, 3.8) is 0 Å². The zero-order chi connectivity index (χ0) is 23.8. The fraction of sp³-hybridized carbons (Fsp3) is 0.444. The van der Waals surface area contributed by atoms with Gasteiger partial charge in [-0.15, -0.1) is 0 Å². The lowest BCUT2D eigenvalue weighted by molar-refractivity contribution is -0.151. The molecule has 0 saturated heterocycles. The van der Waals surface area contributed by atoms with E-state index in [4.69, 9.17) is 8.95 Å². The molecule has 0 fully saturated rings. The second kappa shape index (κ2) is 7.04. The number of benzene rings is 2. The van der Waals surface area contributed by atoms with Crippen LogP contribution in [-0.4, -0.2) is 23.7 Å². The number of aryl methyl sites for hydroxylation is 2. The second-order valence-electron chi connectivity index (χ2n) is 11.2. The molecule has 1 heterocycles. The van der Waals surface area contributed by atoms with Crippen LogP contribution < -0.4 is 4.43 Å². The summed E-state index contributed by atoms with van der Waals surface area (Å²) < 4.78 is 12.5. The van der Waals surface area contributed by atoms with Crippen molar-refractivity contribution in [2.75, 3.05) is 0 Å². The highest BCUT2D eigenvalue weighted by atomic mass is 28.4. The Morgan fingerprint density at radius 1 is 1.06 bits per heavy atom. The fourth-order valence-corrected chi connectivity index (χ4v) is 6.11. The lowest BCUT2D eigenvalue weighted by Crippen LogP contribution is -2.54. The third kappa shape index (κ3) is 3.00. The number of fused-ring (bicyclic) bond motifs is 2. The Morgan fingerprint density at radius 2 is 1.76 bits per heavy atom. The highest BCUT2D eigenvalue weighted by Gasteiger charge is 2.61. The minimum absolute atomic E-state index is 0.00163. The van der Waals surface area contributed by atoms with E-state index >= 15 is 0 Å². The summed E-state index contributed by atoms with van der Waals surface area (Å²) in [6.07, 6.45) is 1.82. The Morgan fingerprint density at radius 3 is 2.42 bits per heavy atom. The van der Waals surface area contributed by atoms with Gasteiger partial charge in [0.2, 0.25) is 0 Å². The summed E-state index contributed by atoms with van der Waals surface area (Å²) in [5.41, 5.74) is 1.09. The van der Waals surface area contributed by atoms with Gasteiger partial charge in [-0.1, -0.05) is 67.9 Å². The van der Waals surface area contributed by atoms with Gasteiger partial charge in [0.05, 0.1) is 11.1 Å². The first-order valence-corrected chi connectivity index (χ1v) is 14.6. The molecule has 5 nitrogen and oxygen atoms in total. The molecule has 2 aliphatic carbocycles. The largest absolute Gasteiger partial charge is 0.543 e. The smallest absolute Gasteiger partial charge is 0.250 e. The zero-order valence-electron chi connectivity index (χ0n) is 20.3. The van der Waals surface area contributed by atoms with E-state index in [-0.39, 0.29) is 5.04 Å². The first-order valence-electron chi connectivity index (χ1n) is 11.7. The van der Waals surface area contributed by atoms with E-state index < -0.39 is 19.5 Å². The zero-order valence-corrected chi connectivity index (χ0v) is 21.3. The Labute approximate surface area is 196 Å². The van der Waals surface area contributed by atoms with E-state index in [9.17, 15) is 10.2 Å². The van der Waals surface area contributed by atoms with Crippen LogP contribution in [0.4, 0.5) is 0 Å². The molecular formula is C27H33NO4Si. The highest BCUT2D eigenvalue weighted by Crippen LogP contribution is 2.60. The average Bonchev–Trinajstić information content (AvgIpc) is 3.17. The highest BCUT2D eigenvalue weighted by molar-refractivity contribution is 6.74. The molecule has 2 aromatic carbocycles. The van der Waals surface area contributed by atoms with E-state index in [1.165, 1.54) is 0 Å². The molecule has 2 atom stereocenters. The second-order valence-corrected chi connectivity index (χ2v) is 15.9. The molecule has 2 aliphatic rings. The van der Waals surface area contributed by atoms with Crippen molar-refractivity contribution in [2.45, 2.75) is 76.3 Å². The average molecular weight is 464 g/mol. The minimum Gasteiger partial charge on any atom is -0.543 e. The van der Waals surface area contributed by atoms with Gasteiger partial charge in [-0.2, -0.15) is 0 Å². The summed E-state index contributed by atoms with van der Waals surface area (Å²) in [6, 6.07) is 13.5. The van der Waals surface area contributed by atoms with Crippen molar-refractivity contribution >= 4 is 8.32 Å². The predicted molar refractivity (Wildman–Crippen MR) is 131 cm³/mol. The molecule has 0 saturated carbocycles. The lowest BCUT2D eigenvalue weighted by atomic mass is 9.60. The molecule has 174 valence electrons. The third-order valence-corrected chi connectivity index (χ3v) is 12.4. The van der Waals surface area contributed by atoms with Gasteiger partial charge in [0.15, 0.2) is 0 Å².